The van der Waals surface area contributed by atoms with Crippen molar-refractivity contribution in [1.29, 1.82) is 0 Å². The first-order valence-corrected chi connectivity index (χ1v) is 11.2. The number of hydrogen-bond donors (Lipinski definition) is 2. The molecule has 0 spiro atoms. The number of anilines is 1. The van der Waals surface area contributed by atoms with E-state index in [0.29, 0.717) is 36.9 Å². The number of benzene rings is 1. The van der Waals surface area contributed by atoms with E-state index >= 15 is 0 Å². The van der Waals surface area contributed by atoms with Crippen LogP contribution in [0, 0.1) is 19.8 Å². The Bertz CT molecular complexity index is 1170. The second-order valence-electron chi connectivity index (χ2n) is 7.55. The highest BCUT2D eigenvalue weighted by Gasteiger charge is 2.21. The summed E-state index contributed by atoms with van der Waals surface area (Å²) in [6.45, 7) is 5.37. The molecule has 0 aliphatic carbocycles. The maximum absolute atomic E-state index is 12.8. The second-order valence-corrected chi connectivity index (χ2v) is 9.31. The van der Waals surface area contributed by atoms with E-state index in [1.807, 2.05) is 19.9 Å². The maximum atomic E-state index is 12.8. The Morgan fingerprint density at radius 1 is 1.20 bits per heavy atom. The van der Waals surface area contributed by atoms with Crippen molar-refractivity contribution in [3.05, 3.63) is 47.8 Å². The fourth-order valence-electron chi connectivity index (χ4n) is 3.44. The third-order valence-corrected chi connectivity index (χ3v) is 6.65. The van der Waals surface area contributed by atoms with Gasteiger partial charge in [-0.25, -0.2) is 18.1 Å². The molecular weight excluding hydrogens is 404 g/mol. The summed E-state index contributed by atoms with van der Waals surface area (Å²) in [5.74, 6) is 1.04. The molecule has 4 rings (SSSR count). The summed E-state index contributed by atoms with van der Waals surface area (Å²) in [4.78, 5) is 4.48. The Morgan fingerprint density at radius 2 is 2.03 bits per heavy atom. The first-order chi connectivity index (χ1) is 14.3. The molecule has 2 aromatic heterocycles. The van der Waals surface area contributed by atoms with Crippen molar-refractivity contribution in [2.75, 3.05) is 25.5 Å². The standard InChI is InChI=1S/C21H24N4O4S/c1-13-3-4-17(30(26,27)24-10-15-5-6-28-12-15)9-18(13)16-8-19(21(22)23-11-16)20-7-14(2)25-29-20/h3-4,7-9,11,15,24H,5-6,10,12H2,1-2H3,(H2,22,23). The number of nitrogens with two attached hydrogens (primary N) is 1. The molecule has 1 aliphatic heterocycles. The van der Waals surface area contributed by atoms with Crippen LogP contribution >= 0.6 is 0 Å². The summed E-state index contributed by atoms with van der Waals surface area (Å²) in [5.41, 5.74) is 9.80. The number of nitrogen functional groups attached to an aromatic ring is 1. The first-order valence-electron chi connectivity index (χ1n) is 9.71. The monoisotopic (exact) mass is 428 g/mol. The molecule has 1 atom stereocenters. The van der Waals surface area contributed by atoms with E-state index in [1.165, 1.54) is 0 Å². The van der Waals surface area contributed by atoms with Gasteiger partial charge in [0.1, 0.15) is 5.82 Å². The van der Waals surface area contributed by atoms with E-state index in [9.17, 15) is 8.42 Å². The maximum Gasteiger partial charge on any atom is 0.240 e. The summed E-state index contributed by atoms with van der Waals surface area (Å²) in [6, 6.07) is 8.67. The number of aromatic nitrogens is 2. The van der Waals surface area contributed by atoms with Gasteiger partial charge in [0.05, 0.1) is 22.8 Å². The van der Waals surface area contributed by atoms with Crippen molar-refractivity contribution in [2.45, 2.75) is 25.2 Å². The van der Waals surface area contributed by atoms with Gasteiger partial charge in [-0.15, -0.1) is 0 Å². The Hall–Kier alpha value is -2.75. The van der Waals surface area contributed by atoms with E-state index in [1.54, 1.807) is 30.5 Å². The van der Waals surface area contributed by atoms with E-state index in [0.717, 1.165) is 28.8 Å². The number of nitrogens with one attached hydrogen (secondary N) is 1. The molecule has 30 heavy (non-hydrogen) atoms. The minimum Gasteiger partial charge on any atom is -0.383 e. The van der Waals surface area contributed by atoms with Crippen LogP contribution in [0.2, 0.25) is 0 Å². The zero-order valence-electron chi connectivity index (χ0n) is 16.9. The summed E-state index contributed by atoms with van der Waals surface area (Å²) in [5, 5.41) is 3.90. The van der Waals surface area contributed by atoms with Crippen LogP contribution in [0.4, 0.5) is 5.82 Å². The smallest absolute Gasteiger partial charge is 0.240 e. The lowest BCUT2D eigenvalue weighted by Crippen LogP contribution is -2.29. The molecule has 1 saturated heterocycles. The van der Waals surface area contributed by atoms with Gasteiger partial charge in [0.15, 0.2) is 5.76 Å². The third-order valence-electron chi connectivity index (χ3n) is 5.23. The zero-order chi connectivity index (χ0) is 21.3. The highest BCUT2D eigenvalue weighted by Crippen LogP contribution is 2.32. The largest absolute Gasteiger partial charge is 0.383 e. The summed E-state index contributed by atoms with van der Waals surface area (Å²) in [6.07, 6.45) is 2.49. The molecule has 1 aliphatic rings. The molecule has 0 radical (unpaired) electrons. The number of aryl methyl sites for hydroxylation is 2. The fraction of sp³-hybridized carbons (Fsp3) is 0.333. The Morgan fingerprint density at radius 3 is 2.73 bits per heavy atom. The normalized spacial score (nSPS) is 16.8. The summed E-state index contributed by atoms with van der Waals surface area (Å²) >= 11 is 0. The van der Waals surface area contributed by atoms with Crippen molar-refractivity contribution < 1.29 is 17.7 Å². The van der Waals surface area contributed by atoms with Crippen molar-refractivity contribution in [3.63, 3.8) is 0 Å². The van der Waals surface area contributed by atoms with E-state index in [2.05, 4.69) is 14.9 Å². The van der Waals surface area contributed by atoms with E-state index < -0.39 is 10.0 Å². The van der Waals surface area contributed by atoms with E-state index in [-0.39, 0.29) is 10.8 Å². The van der Waals surface area contributed by atoms with Gasteiger partial charge in [-0.2, -0.15) is 0 Å². The van der Waals surface area contributed by atoms with Crippen LogP contribution in [-0.4, -0.2) is 38.3 Å². The number of nitrogens with zero attached hydrogens (tertiary/aromatic N) is 2. The van der Waals surface area contributed by atoms with Gasteiger partial charge in [0.25, 0.3) is 0 Å². The SMILES string of the molecule is Cc1cc(-c2cc(-c3cc(S(=O)(=O)NCC4CCOC4)ccc3C)cnc2N)on1. The Kier molecular flexibility index (Phi) is 5.59. The molecular formula is C21H24N4O4S. The van der Waals surface area contributed by atoms with Gasteiger partial charge in [0, 0.05) is 31.0 Å². The summed E-state index contributed by atoms with van der Waals surface area (Å²) in [7, 11) is -3.64. The van der Waals surface area contributed by atoms with Gasteiger partial charge in [-0.3, -0.25) is 0 Å². The average molecular weight is 429 g/mol. The van der Waals surface area contributed by atoms with Crippen LogP contribution in [0.15, 0.2) is 45.9 Å². The average Bonchev–Trinajstić information content (AvgIpc) is 3.39. The Balaban J connectivity index is 1.66. The molecule has 8 nitrogen and oxygen atoms in total. The van der Waals surface area contributed by atoms with Crippen molar-refractivity contribution >= 4 is 15.8 Å². The lowest BCUT2D eigenvalue weighted by Gasteiger charge is -2.13. The van der Waals surface area contributed by atoms with Gasteiger partial charge in [-0.1, -0.05) is 11.2 Å². The van der Waals surface area contributed by atoms with Crippen LogP contribution < -0.4 is 10.5 Å². The number of pyridine rings is 1. The predicted octanol–water partition coefficient (Wildman–Crippen LogP) is 2.92. The third kappa shape index (κ3) is 4.23. The minimum atomic E-state index is -3.64. The quantitative estimate of drug-likeness (QED) is 0.619. The minimum absolute atomic E-state index is 0.205. The van der Waals surface area contributed by atoms with Crippen molar-refractivity contribution in [3.8, 4) is 22.5 Å². The molecule has 3 heterocycles. The van der Waals surface area contributed by atoms with Crippen LogP contribution in [0.1, 0.15) is 17.7 Å². The summed E-state index contributed by atoms with van der Waals surface area (Å²) < 4.78 is 39.0. The number of rotatable bonds is 6. The zero-order valence-corrected chi connectivity index (χ0v) is 17.7. The first kappa shape index (κ1) is 20.5. The fourth-order valence-corrected chi connectivity index (χ4v) is 4.59. The predicted molar refractivity (Wildman–Crippen MR) is 113 cm³/mol. The molecule has 1 unspecified atom stereocenters. The van der Waals surface area contributed by atoms with Gasteiger partial charge < -0.3 is 15.0 Å². The van der Waals surface area contributed by atoms with Gasteiger partial charge >= 0.3 is 0 Å². The van der Waals surface area contributed by atoms with Crippen LogP contribution in [0.25, 0.3) is 22.5 Å². The molecule has 1 fully saturated rings. The van der Waals surface area contributed by atoms with E-state index in [4.69, 9.17) is 15.0 Å². The van der Waals surface area contributed by atoms with Crippen LogP contribution in [0.5, 0.6) is 0 Å². The highest BCUT2D eigenvalue weighted by molar-refractivity contribution is 7.89. The molecule has 3 N–H and O–H groups in total. The lowest BCUT2D eigenvalue weighted by atomic mass is 10.00. The number of ether oxygens (including phenoxy) is 1. The molecule has 3 aromatic rings. The Labute approximate surface area is 175 Å². The van der Waals surface area contributed by atoms with Crippen LogP contribution in [-0.2, 0) is 14.8 Å². The van der Waals surface area contributed by atoms with Gasteiger partial charge in [-0.05, 0) is 55.5 Å². The number of sulfonamides is 1. The highest BCUT2D eigenvalue weighted by atomic mass is 32.2. The lowest BCUT2D eigenvalue weighted by molar-refractivity contribution is 0.186. The molecule has 1 aromatic carbocycles. The molecule has 9 heteroatoms. The van der Waals surface area contributed by atoms with Crippen molar-refractivity contribution in [2.24, 2.45) is 5.92 Å². The van der Waals surface area contributed by atoms with Gasteiger partial charge in [0.2, 0.25) is 10.0 Å². The number of hydrogen-bond acceptors (Lipinski definition) is 7. The molecule has 0 saturated carbocycles. The topological polar surface area (TPSA) is 120 Å². The van der Waals surface area contributed by atoms with Crippen molar-refractivity contribution in [1.82, 2.24) is 14.9 Å². The van der Waals surface area contributed by atoms with Crippen LogP contribution in [0.3, 0.4) is 0 Å². The molecule has 0 bridgehead atoms. The molecule has 158 valence electrons. The second kappa shape index (κ2) is 8.17. The molecule has 0 amide bonds.